The first-order valence-electron chi connectivity index (χ1n) is 5.48. The van der Waals surface area contributed by atoms with E-state index in [1.807, 2.05) is 13.0 Å². The zero-order chi connectivity index (χ0) is 12.5. The van der Waals surface area contributed by atoms with Crippen molar-refractivity contribution in [1.29, 1.82) is 0 Å². The molecule has 1 aliphatic heterocycles. The molecule has 2 N–H and O–H groups in total. The summed E-state index contributed by atoms with van der Waals surface area (Å²) in [7, 11) is -3.43. The second kappa shape index (κ2) is 5.06. The van der Waals surface area contributed by atoms with Gasteiger partial charge in [-0.2, -0.15) is 0 Å². The van der Waals surface area contributed by atoms with Crippen molar-refractivity contribution >= 4 is 26.0 Å². The summed E-state index contributed by atoms with van der Waals surface area (Å²) in [5.74, 6) is 0. The summed E-state index contributed by atoms with van der Waals surface area (Å²) in [6.07, 6.45) is 0.836. The van der Waals surface area contributed by atoms with Crippen LogP contribution in [0, 0.1) is 6.92 Å². The van der Waals surface area contributed by atoms with E-state index >= 15 is 0 Å². The average Bonchev–Trinajstić information content (AvgIpc) is 2.68. The zero-order valence-electron chi connectivity index (χ0n) is 9.53. The van der Waals surface area contributed by atoms with Gasteiger partial charge >= 0.3 is 0 Å². The van der Waals surface area contributed by atoms with E-state index in [4.69, 9.17) is 0 Å². The third-order valence-corrected chi connectivity index (χ3v) is 5.26. The molecule has 1 saturated heterocycles. The molecule has 0 amide bonds. The summed E-state index contributed by atoms with van der Waals surface area (Å²) in [6, 6.07) is 5.23. The molecule has 4 nitrogen and oxygen atoms in total. The van der Waals surface area contributed by atoms with Crippen LogP contribution in [0.2, 0.25) is 0 Å². The molecular formula is C11H15BrN2O2S. The molecule has 1 heterocycles. The van der Waals surface area contributed by atoms with Gasteiger partial charge in [0.15, 0.2) is 0 Å². The smallest absolute Gasteiger partial charge is 0.241 e. The quantitative estimate of drug-likeness (QED) is 0.885. The Morgan fingerprint density at radius 2 is 2.24 bits per heavy atom. The number of hydrogen-bond donors (Lipinski definition) is 2. The molecule has 0 spiro atoms. The topological polar surface area (TPSA) is 58.2 Å². The van der Waals surface area contributed by atoms with Crippen LogP contribution < -0.4 is 10.0 Å². The first-order chi connectivity index (χ1) is 7.99. The Bertz CT molecular complexity index is 510. The van der Waals surface area contributed by atoms with E-state index in [9.17, 15) is 8.42 Å². The molecule has 94 valence electrons. The van der Waals surface area contributed by atoms with Crippen LogP contribution in [0.4, 0.5) is 0 Å². The van der Waals surface area contributed by atoms with Crippen LogP contribution >= 0.6 is 15.9 Å². The lowest BCUT2D eigenvalue weighted by molar-refractivity contribution is 0.559. The molecule has 17 heavy (non-hydrogen) atoms. The van der Waals surface area contributed by atoms with Gasteiger partial charge in [-0.3, -0.25) is 0 Å². The molecule has 1 atom stereocenters. The van der Waals surface area contributed by atoms with Gasteiger partial charge in [0.1, 0.15) is 0 Å². The SMILES string of the molecule is Cc1ccc(S(=O)(=O)N[C@H]2CCNC2)c(Br)c1. The van der Waals surface area contributed by atoms with Gasteiger partial charge in [-0.25, -0.2) is 13.1 Å². The second-order valence-corrected chi connectivity index (χ2v) is 6.78. The Labute approximate surface area is 110 Å². The highest BCUT2D eigenvalue weighted by molar-refractivity contribution is 9.10. The van der Waals surface area contributed by atoms with Crippen molar-refractivity contribution in [3.05, 3.63) is 28.2 Å². The van der Waals surface area contributed by atoms with Crippen LogP contribution in [-0.4, -0.2) is 27.5 Å². The summed E-state index contributed by atoms with van der Waals surface area (Å²) in [6.45, 7) is 3.49. The second-order valence-electron chi connectivity index (χ2n) is 4.24. The van der Waals surface area contributed by atoms with Crippen molar-refractivity contribution in [2.24, 2.45) is 0 Å². The number of halogens is 1. The van der Waals surface area contributed by atoms with E-state index in [1.165, 1.54) is 0 Å². The van der Waals surface area contributed by atoms with Gasteiger partial charge in [0, 0.05) is 17.1 Å². The third kappa shape index (κ3) is 3.07. The minimum atomic E-state index is -3.43. The molecule has 0 radical (unpaired) electrons. The molecule has 2 rings (SSSR count). The molecule has 1 aromatic rings. The van der Waals surface area contributed by atoms with Gasteiger partial charge < -0.3 is 5.32 Å². The minimum Gasteiger partial charge on any atom is -0.315 e. The summed E-state index contributed by atoms with van der Waals surface area (Å²) in [4.78, 5) is 0.301. The molecule has 0 aromatic heterocycles. The van der Waals surface area contributed by atoms with Crippen molar-refractivity contribution < 1.29 is 8.42 Å². The monoisotopic (exact) mass is 318 g/mol. The van der Waals surface area contributed by atoms with Crippen LogP contribution in [0.25, 0.3) is 0 Å². The fourth-order valence-electron chi connectivity index (χ4n) is 1.86. The number of aryl methyl sites for hydroxylation is 1. The number of nitrogens with one attached hydrogen (secondary N) is 2. The highest BCUT2D eigenvalue weighted by Gasteiger charge is 2.24. The van der Waals surface area contributed by atoms with Crippen molar-refractivity contribution in [2.45, 2.75) is 24.3 Å². The van der Waals surface area contributed by atoms with Crippen LogP contribution in [-0.2, 0) is 10.0 Å². The lowest BCUT2D eigenvalue weighted by atomic mass is 10.2. The fourth-order valence-corrected chi connectivity index (χ4v) is 4.32. The van der Waals surface area contributed by atoms with Gasteiger partial charge in [0.05, 0.1) is 4.90 Å². The summed E-state index contributed by atoms with van der Waals surface area (Å²) < 4.78 is 27.6. The van der Waals surface area contributed by atoms with Crippen molar-refractivity contribution in [2.75, 3.05) is 13.1 Å². The molecule has 0 unspecified atom stereocenters. The summed E-state index contributed by atoms with van der Waals surface area (Å²) in [5.41, 5.74) is 1.03. The van der Waals surface area contributed by atoms with Gasteiger partial charge in [-0.1, -0.05) is 6.07 Å². The Balaban J connectivity index is 2.24. The highest BCUT2D eigenvalue weighted by atomic mass is 79.9. The van der Waals surface area contributed by atoms with E-state index in [1.54, 1.807) is 12.1 Å². The van der Waals surface area contributed by atoms with E-state index in [0.29, 0.717) is 15.9 Å². The lowest BCUT2D eigenvalue weighted by Gasteiger charge is -2.13. The number of rotatable bonds is 3. The van der Waals surface area contributed by atoms with E-state index in [-0.39, 0.29) is 6.04 Å². The van der Waals surface area contributed by atoms with Gasteiger partial charge in [0.2, 0.25) is 10.0 Å². The molecule has 0 bridgehead atoms. The highest BCUT2D eigenvalue weighted by Crippen LogP contribution is 2.23. The standard InChI is InChI=1S/C11H15BrN2O2S/c1-8-2-3-11(10(12)6-8)17(15,16)14-9-4-5-13-7-9/h2-3,6,9,13-14H,4-5,7H2,1H3/t9-/m0/s1. The average molecular weight is 319 g/mol. The maximum atomic E-state index is 12.2. The zero-order valence-corrected chi connectivity index (χ0v) is 11.9. The normalized spacial score (nSPS) is 20.7. The predicted molar refractivity (Wildman–Crippen MR) is 70.5 cm³/mol. The first kappa shape index (κ1) is 13.0. The fraction of sp³-hybridized carbons (Fsp3) is 0.455. The van der Waals surface area contributed by atoms with E-state index in [2.05, 4.69) is 26.0 Å². The van der Waals surface area contributed by atoms with Crippen LogP contribution in [0.5, 0.6) is 0 Å². The number of benzene rings is 1. The van der Waals surface area contributed by atoms with Crippen molar-refractivity contribution in [3.8, 4) is 0 Å². The van der Waals surface area contributed by atoms with Gasteiger partial charge in [-0.05, 0) is 53.5 Å². The Hall–Kier alpha value is -0.430. The first-order valence-corrected chi connectivity index (χ1v) is 7.76. The Kier molecular flexibility index (Phi) is 3.87. The summed E-state index contributed by atoms with van der Waals surface area (Å²) in [5, 5.41) is 3.13. The predicted octanol–water partition coefficient (Wildman–Crippen LogP) is 1.40. The minimum absolute atomic E-state index is 0.00629. The number of sulfonamides is 1. The maximum absolute atomic E-state index is 12.2. The molecule has 0 aliphatic carbocycles. The van der Waals surface area contributed by atoms with E-state index in [0.717, 1.165) is 18.5 Å². The molecule has 0 saturated carbocycles. The largest absolute Gasteiger partial charge is 0.315 e. The molecule has 1 aliphatic rings. The number of hydrogen-bond acceptors (Lipinski definition) is 3. The van der Waals surface area contributed by atoms with Crippen LogP contribution in [0.1, 0.15) is 12.0 Å². The van der Waals surface area contributed by atoms with Crippen LogP contribution in [0.15, 0.2) is 27.6 Å². The molecule has 6 heteroatoms. The van der Waals surface area contributed by atoms with Crippen molar-refractivity contribution in [1.82, 2.24) is 10.0 Å². The van der Waals surface area contributed by atoms with Gasteiger partial charge in [-0.15, -0.1) is 0 Å². The van der Waals surface area contributed by atoms with E-state index < -0.39 is 10.0 Å². The molecule has 1 aromatic carbocycles. The maximum Gasteiger partial charge on any atom is 0.241 e. The summed E-state index contributed by atoms with van der Waals surface area (Å²) >= 11 is 3.30. The molecule has 1 fully saturated rings. The third-order valence-electron chi connectivity index (χ3n) is 2.76. The molecular weight excluding hydrogens is 304 g/mol. The van der Waals surface area contributed by atoms with Crippen LogP contribution in [0.3, 0.4) is 0 Å². The Morgan fingerprint density at radius 3 is 2.82 bits per heavy atom. The van der Waals surface area contributed by atoms with Gasteiger partial charge in [0.25, 0.3) is 0 Å². The van der Waals surface area contributed by atoms with Crippen molar-refractivity contribution in [3.63, 3.8) is 0 Å². The lowest BCUT2D eigenvalue weighted by Crippen LogP contribution is -2.36. The Morgan fingerprint density at radius 1 is 1.47 bits per heavy atom.